The fraction of sp³-hybridized carbons (Fsp3) is 0.444. The van der Waals surface area contributed by atoms with Crippen molar-refractivity contribution in [3.05, 3.63) is 59.7 Å². The maximum atomic E-state index is 12.6. The number of carbonyl (C=O) groups is 3. The van der Waals surface area contributed by atoms with Gasteiger partial charge in [-0.2, -0.15) is 0 Å². The summed E-state index contributed by atoms with van der Waals surface area (Å²) in [7, 11) is 0. The molecular weight excluding hydrogens is 432 g/mol. The molecule has 0 radical (unpaired) electrons. The Balaban J connectivity index is 1.13. The second kappa shape index (κ2) is 9.12. The summed E-state index contributed by atoms with van der Waals surface area (Å²) in [5.41, 5.74) is 4.76. The van der Waals surface area contributed by atoms with Gasteiger partial charge in [0, 0.05) is 23.9 Å². The Morgan fingerprint density at radius 3 is 2.29 bits per heavy atom. The summed E-state index contributed by atoms with van der Waals surface area (Å²) in [5, 5.41) is 14.7. The first-order valence-corrected chi connectivity index (χ1v) is 12.0. The van der Waals surface area contributed by atoms with Crippen molar-refractivity contribution in [3.8, 4) is 11.1 Å². The fourth-order valence-electron chi connectivity index (χ4n) is 6.07. The number of nitrogens with one attached hydrogen (secondary N) is 2. The third-order valence-corrected chi connectivity index (χ3v) is 7.71. The highest BCUT2D eigenvalue weighted by atomic mass is 16.5. The maximum Gasteiger partial charge on any atom is 0.407 e. The van der Waals surface area contributed by atoms with E-state index in [1.807, 2.05) is 24.3 Å². The molecule has 0 heterocycles. The number of fused-ring (bicyclic) bond motifs is 4. The number of carboxylic acids is 1. The Labute approximate surface area is 198 Å². The highest BCUT2D eigenvalue weighted by Crippen LogP contribution is 2.50. The molecule has 34 heavy (non-hydrogen) atoms. The van der Waals surface area contributed by atoms with Gasteiger partial charge in [-0.15, -0.1) is 0 Å². The van der Waals surface area contributed by atoms with E-state index < -0.39 is 18.1 Å². The van der Waals surface area contributed by atoms with Crippen molar-refractivity contribution in [2.45, 2.75) is 50.6 Å². The monoisotopic (exact) mass is 462 g/mol. The quantitative estimate of drug-likeness (QED) is 0.579. The van der Waals surface area contributed by atoms with Crippen LogP contribution in [0.1, 0.15) is 49.7 Å². The predicted molar refractivity (Wildman–Crippen MR) is 126 cm³/mol. The Bertz CT molecular complexity index is 1070. The lowest BCUT2D eigenvalue weighted by Gasteiger charge is -2.40. The normalized spacial score (nSPS) is 25.3. The highest BCUT2D eigenvalue weighted by molar-refractivity contribution is 5.80. The third kappa shape index (κ3) is 4.27. The van der Waals surface area contributed by atoms with Gasteiger partial charge in [-0.3, -0.25) is 9.59 Å². The SMILES string of the molecule is C[C@H](CC(=O)O)NC(=O)C1C[C@H]2C[C@@H](NC(=O)OCC3c4ccccc4-c4ccccc43)[C@H]2C1. The van der Waals surface area contributed by atoms with Gasteiger partial charge < -0.3 is 20.5 Å². The third-order valence-electron chi connectivity index (χ3n) is 7.71. The molecular formula is C27H30N2O5. The molecule has 5 atom stereocenters. The van der Waals surface area contributed by atoms with E-state index in [0.717, 1.165) is 12.8 Å². The van der Waals surface area contributed by atoms with Gasteiger partial charge in [0.15, 0.2) is 0 Å². The largest absolute Gasteiger partial charge is 0.481 e. The zero-order valence-electron chi connectivity index (χ0n) is 19.2. The number of alkyl carbamates (subject to hydrolysis) is 1. The number of hydrogen-bond donors (Lipinski definition) is 3. The molecule has 0 aromatic heterocycles. The molecule has 178 valence electrons. The molecule has 7 heteroatoms. The lowest BCUT2D eigenvalue weighted by atomic mass is 9.71. The first kappa shape index (κ1) is 22.4. The van der Waals surface area contributed by atoms with E-state index in [-0.39, 0.29) is 42.7 Å². The molecule has 2 fully saturated rings. The van der Waals surface area contributed by atoms with Gasteiger partial charge >= 0.3 is 12.1 Å². The molecule has 3 aliphatic carbocycles. The Morgan fingerprint density at radius 2 is 1.65 bits per heavy atom. The topological polar surface area (TPSA) is 105 Å². The maximum absolute atomic E-state index is 12.6. The van der Waals surface area contributed by atoms with E-state index in [0.29, 0.717) is 12.3 Å². The molecule has 2 saturated carbocycles. The van der Waals surface area contributed by atoms with Crippen LogP contribution in [0.25, 0.3) is 11.1 Å². The number of carbonyl (C=O) groups excluding carboxylic acids is 2. The zero-order chi connectivity index (χ0) is 23.8. The van der Waals surface area contributed by atoms with Crippen LogP contribution >= 0.6 is 0 Å². The number of carboxylic acid groups (broad SMARTS) is 1. The molecule has 2 aromatic carbocycles. The van der Waals surface area contributed by atoms with Gasteiger partial charge in [-0.1, -0.05) is 48.5 Å². The van der Waals surface area contributed by atoms with Crippen LogP contribution in [-0.2, 0) is 14.3 Å². The Kier molecular flexibility index (Phi) is 6.02. The molecule has 0 aliphatic heterocycles. The standard InChI is InChI=1S/C27H30N2O5/c1-15(10-25(30)31)28-26(32)17-11-16-13-24(22(16)12-17)29-27(33)34-14-23-20-8-4-2-6-18(20)19-7-3-5-9-21(19)23/h2-9,15-17,22-24H,10-14H2,1H3,(H,28,32)(H,29,33)(H,30,31)/t15-,16+,17?,22+,24-/m1/s1. The van der Waals surface area contributed by atoms with Crippen molar-refractivity contribution in [2.24, 2.45) is 17.8 Å². The van der Waals surface area contributed by atoms with E-state index in [9.17, 15) is 14.4 Å². The number of amides is 2. The summed E-state index contributed by atoms with van der Waals surface area (Å²) in [5.74, 6) is -0.412. The van der Waals surface area contributed by atoms with Crippen molar-refractivity contribution >= 4 is 18.0 Å². The van der Waals surface area contributed by atoms with Crippen LogP contribution in [-0.4, -0.2) is 41.8 Å². The van der Waals surface area contributed by atoms with Crippen LogP contribution in [0.2, 0.25) is 0 Å². The van der Waals surface area contributed by atoms with Crippen molar-refractivity contribution < 1.29 is 24.2 Å². The predicted octanol–water partition coefficient (Wildman–Crippen LogP) is 3.92. The first-order valence-electron chi connectivity index (χ1n) is 12.0. The average molecular weight is 463 g/mol. The smallest absolute Gasteiger partial charge is 0.407 e. The summed E-state index contributed by atoms with van der Waals surface area (Å²) >= 11 is 0. The van der Waals surface area contributed by atoms with E-state index in [4.69, 9.17) is 9.84 Å². The molecule has 2 aromatic rings. The van der Waals surface area contributed by atoms with Crippen molar-refractivity contribution in [3.63, 3.8) is 0 Å². The second-order valence-electron chi connectivity index (χ2n) is 9.91. The van der Waals surface area contributed by atoms with Gasteiger partial charge in [0.1, 0.15) is 6.61 Å². The lowest BCUT2D eigenvalue weighted by molar-refractivity contribution is -0.137. The van der Waals surface area contributed by atoms with Crippen molar-refractivity contribution in [2.75, 3.05) is 6.61 Å². The van der Waals surface area contributed by atoms with Crippen molar-refractivity contribution in [1.29, 1.82) is 0 Å². The van der Waals surface area contributed by atoms with Crippen LogP contribution in [0.5, 0.6) is 0 Å². The van der Waals surface area contributed by atoms with E-state index >= 15 is 0 Å². The van der Waals surface area contributed by atoms with Gasteiger partial charge in [-0.25, -0.2) is 4.79 Å². The zero-order valence-corrected chi connectivity index (χ0v) is 19.2. The molecule has 0 bridgehead atoms. The minimum atomic E-state index is -0.924. The molecule has 5 rings (SSSR count). The number of benzene rings is 2. The lowest BCUT2D eigenvalue weighted by Crippen LogP contribution is -2.50. The molecule has 3 aliphatic rings. The number of hydrogen-bond acceptors (Lipinski definition) is 4. The van der Waals surface area contributed by atoms with Crippen molar-refractivity contribution in [1.82, 2.24) is 10.6 Å². The number of aliphatic carboxylic acids is 1. The minimum absolute atomic E-state index is 0.0230. The van der Waals surface area contributed by atoms with Gasteiger partial charge in [0.2, 0.25) is 5.91 Å². The number of rotatable bonds is 7. The van der Waals surface area contributed by atoms with Crippen LogP contribution in [0, 0.1) is 17.8 Å². The molecule has 3 N–H and O–H groups in total. The van der Waals surface area contributed by atoms with Gasteiger partial charge in [0.05, 0.1) is 6.42 Å². The van der Waals surface area contributed by atoms with Gasteiger partial charge in [0.25, 0.3) is 0 Å². The van der Waals surface area contributed by atoms with E-state index in [1.54, 1.807) is 6.92 Å². The number of ether oxygens (including phenoxy) is 1. The highest BCUT2D eigenvalue weighted by Gasteiger charge is 2.50. The Morgan fingerprint density at radius 1 is 1.00 bits per heavy atom. The van der Waals surface area contributed by atoms with Crippen LogP contribution in [0.4, 0.5) is 4.79 Å². The van der Waals surface area contributed by atoms with E-state index in [1.165, 1.54) is 22.3 Å². The summed E-state index contributed by atoms with van der Waals surface area (Å²) in [6.07, 6.45) is 1.86. The van der Waals surface area contributed by atoms with Crippen LogP contribution in [0.15, 0.2) is 48.5 Å². The Hall–Kier alpha value is -3.35. The molecule has 7 nitrogen and oxygen atoms in total. The molecule has 0 spiro atoms. The summed E-state index contributed by atoms with van der Waals surface area (Å²) in [6, 6.07) is 16.1. The van der Waals surface area contributed by atoms with E-state index in [2.05, 4.69) is 34.9 Å². The first-order chi connectivity index (χ1) is 16.4. The summed E-state index contributed by atoms with van der Waals surface area (Å²) in [6.45, 7) is 1.99. The second-order valence-corrected chi connectivity index (χ2v) is 9.91. The summed E-state index contributed by atoms with van der Waals surface area (Å²) in [4.78, 5) is 36.0. The summed E-state index contributed by atoms with van der Waals surface area (Å²) < 4.78 is 5.67. The average Bonchev–Trinajstić information content (AvgIpc) is 3.31. The van der Waals surface area contributed by atoms with Crippen LogP contribution in [0.3, 0.4) is 0 Å². The molecule has 0 saturated heterocycles. The molecule has 2 amide bonds. The van der Waals surface area contributed by atoms with Gasteiger partial charge in [-0.05, 0) is 60.3 Å². The fourth-order valence-corrected chi connectivity index (χ4v) is 6.07. The minimum Gasteiger partial charge on any atom is -0.481 e. The van der Waals surface area contributed by atoms with Crippen LogP contribution < -0.4 is 10.6 Å². The molecule has 1 unspecified atom stereocenters.